The van der Waals surface area contributed by atoms with E-state index in [0.717, 1.165) is 75.1 Å². The van der Waals surface area contributed by atoms with Crippen LogP contribution >= 0.6 is 0 Å². The third-order valence-corrected chi connectivity index (χ3v) is 6.22. The average molecular weight is 409 g/mol. The Kier molecular flexibility index (Phi) is 6.62. The van der Waals surface area contributed by atoms with E-state index in [9.17, 15) is 4.79 Å². The van der Waals surface area contributed by atoms with Gasteiger partial charge >= 0.3 is 0 Å². The zero-order valence-corrected chi connectivity index (χ0v) is 18.1. The molecule has 1 aliphatic carbocycles. The molecule has 1 fully saturated rings. The Hall–Kier alpha value is -2.47. The molecular formula is C24H32N4O2. The number of likely N-dealkylation sites (N-methyl/N-ethyl adjacent to an activating group) is 1. The van der Waals surface area contributed by atoms with Crippen LogP contribution in [0.15, 0.2) is 30.3 Å². The van der Waals surface area contributed by atoms with Gasteiger partial charge in [0.25, 0.3) is 0 Å². The van der Waals surface area contributed by atoms with Gasteiger partial charge in [-0.3, -0.25) is 4.79 Å². The smallest absolute Gasteiger partial charge is 0.225 e. The number of hydrogen-bond acceptors (Lipinski definition) is 5. The van der Waals surface area contributed by atoms with Crippen LogP contribution in [-0.4, -0.2) is 65.5 Å². The van der Waals surface area contributed by atoms with Crippen LogP contribution in [0.3, 0.4) is 0 Å². The standard InChI is InChI=1S/C24H32N4O2/c1-3-30-23-20-12-10-19(24(29)28-15-7-14-27(2)16-17-28)11-13-21(20)25-22(26-23)18-8-5-4-6-9-18/h4-6,8-9,19H,3,7,10-17H2,1-2H3. The fourth-order valence-electron chi connectivity index (χ4n) is 4.48. The molecule has 6 heteroatoms. The van der Waals surface area contributed by atoms with Crippen LogP contribution in [0.25, 0.3) is 11.4 Å². The number of ether oxygens (including phenoxy) is 1. The summed E-state index contributed by atoms with van der Waals surface area (Å²) in [6.45, 7) is 6.28. The van der Waals surface area contributed by atoms with Crippen molar-refractivity contribution in [1.29, 1.82) is 0 Å². The molecule has 1 aromatic heterocycles. The van der Waals surface area contributed by atoms with Crippen LogP contribution < -0.4 is 4.74 Å². The molecular weight excluding hydrogens is 376 g/mol. The van der Waals surface area contributed by atoms with Gasteiger partial charge < -0.3 is 14.5 Å². The van der Waals surface area contributed by atoms with E-state index >= 15 is 0 Å². The van der Waals surface area contributed by atoms with Gasteiger partial charge in [0.15, 0.2) is 5.82 Å². The van der Waals surface area contributed by atoms with Gasteiger partial charge in [-0.25, -0.2) is 4.98 Å². The Labute approximate surface area is 179 Å². The van der Waals surface area contributed by atoms with Crippen molar-refractivity contribution in [3.8, 4) is 17.3 Å². The summed E-state index contributed by atoms with van der Waals surface area (Å²) >= 11 is 0. The summed E-state index contributed by atoms with van der Waals surface area (Å²) in [6.07, 6.45) is 4.32. The molecule has 1 amide bonds. The molecule has 2 heterocycles. The number of hydrogen-bond donors (Lipinski definition) is 0. The van der Waals surface area contributed by atoms with E-state index in [-0.39, 0.29) is 5.92 Å². The third kappa shape index (κ3) is 4.64. The van der Waals surface area contributed by atoms with Crippen molar-refractivity contribution >= 4 is 5.91 Å². The van der Waals surface area contributed by atoms with Crippen LogP contribution in [0, 0.1) is 5.92 Å². The molecule has 1 aliphatic heterocycles. The van der Waals surface area contributed by atoms with Gasteiger partial charge in [0.2, 0.25) is 11.8 Å². The molecule has 4 rings (SSSR count). The quantitative estimate of drug-likeness (QED) is 0.727. The number of rotatable bonds is 4. The lowest BCUT2D eigenvalue weighted by Gasteiger charge is -2.25. The first-order valence-electron chi connectivity index (χ1n) is 11.2. The second-order valence-electron chi connectivity index (χ2n) is 8.33. The monoisotopic (exact) mass is 408 g/mol. The number of aryl methyl sites for hydroxylation is 1. The first kappa shape index (κ1) is 20.8. The van der Waals surface area contributed by atoms with E-state index in [2.05, 4.69) is 16.8 Å². The van der Waals surface area contributed by atoms with Gasteiger partial charge in [-0.05, 0) is 52.6 Å². The Balaban J connectivity index is 1.55. The minimum Gasteiger partial charge on any atom is -0.478 e. The average Bonchev–Trinajstić information content (AvgIpc) is 3.12. The van der Waals surface area contributed by atoms with Crippen molar-refractivity contribution in [2.75, 3.05) is 39.8 Å². The van der Waals surface area contributed by atoms with Crippen LogP contribution in [0.2, 0.25) is 0 Å². The second-order valence-corrected chi connectivity index (χ2v) is 8.33. The molecule has 1 atom stereocenters. The fourth-order valence-corrected chi connectivity index (χ4v) is 4.48. The summed E-state index contributed by atoms with van der Waals surface area (Å²) < 4.78 is 5.91. The van der Waals surface area contributed by atoms with Crippen molar-refractivity contribution in [1.82, 2.24) is 19.8 Å². The van der Waals surface area contributed by atoms with Crippen molar-refractivity contribution in [2.45, 2.75) is 39.0 Å². The maximum atomic E-state index is 13.3. The molecule has 1 saturated heterocycles. The molecule has 2 aromatic rings. The van der Waals surface area contributed by atoms with Crippen molar-refractivity contribution < 1.29 is 9.53 Å². The predicted octanol–water partition coefficient (Wildman–Crippen LogP) is 3.20. The predicted molar refractivity (Wildman–Crippen MR) is 117 cm³/mol. The molecule has 0 N–H and O–H groups in total. The van der Waals surface area contributed by atoms with Crippen molar-refractivity contribution in [2.24, 2.45) is 5.92 Å². The van der Waals surface area contributed by atoms with Crippen molar-refractivity contribution in [3.63, 3.8) is 0 Å². The first-order valence-corrected chi connectivity index (χ1v) is 11.2. The van der Waals surface area contributed by atoms with E-state index in [1.807, 2.05) is 37.3 Å². The molecule has 1 aromatic carbocycles. The van der Waals surface area contributed by atoms with Gasteiger partial charge in [-0.1, -0.05) is 30.3 Å². The number of amides is 1. The van der Waals surface area contributed by atoms with Gasteiger partial charge in [-0.2, -0.15) is 4.98 Å². The SMILES string of the molecule is CCOc1nc(-c2ccccc2)nc2c1CCC(C(=O)N1CCCN(C)CC1)CC2. The van der Waals surface area contributed by atoms with Gasteiger partial charge in [0, 0.05) is 36.7 Å². The highest BCUT2D eigenvalue weighted by atomic mass is 16.5. The maximum Gasteiger partial charge on any atom is 0.225 e. The van der Waals surface area contributed by atoms with Gasteiger partial charge in [0.1, 0.15) is 0 Å². The number of fused-ring (bicyclic) bond motifs is 1. The Bertz CT molecular complexity index is 871. The molecule has 0 bridgehead atoms. The van der Waals surface area contributed by atoms with E-state index < -0.39 is 0 Å². The summed E-state index contributed by atoms with van der Waals surface area (Å²) in [5, 5.41) is 0. The van der Waals surface area contributed by atoms with Crippen LogP contribution in [0.5, 0.6) is 5.88 Å². The summed E-state index contributed by atoms with van der Waals surface area (Å²) in [4.78, 5) is 27.3. The first-order chi connectivity index (χ1) is 14.7. The number of carbonyl (C=O) groups excluding carboxylic acids is 1. The van der Waals surface area contributed by atoms with Crippen LogP contribution in [0.4, 0.5) is 0 Å². The Morgan fingerprint density at radius 2 is 1.87 bits per heavy atom. The third-order valence-electron chi connectivity index (χ3n) is 6.22. The molecule has 6 nitrogen and oxygen atoms in total. The minimum absolute atomic E-state index is 0.0530. The highest BCUT2D eigenvalue weighted by Crippen LogP contribution is 2.32. The second kappa shape index (κ2) is 9.56. The molecule has 2 aliphatic rings. The lowest BCUT2D eigenvalue weighted by atomic mass is 9.98. The normalized spacial score (nSPS) is 20.2. The van der Waals surface area contributed by atoms with E-state index in [1.165, 1.54) is 0 Å². The number of benzene rings is 1. The Morgan fingerprint density at radius 1 is 1.07 bits per heavy atom. The molecule has 0 saturated carbocycles. The fraction of sp³-hybridized carbons (Fsp3) is 0.542. The minimum atomic E-state index is 0.0530. The van der Waals surface area contributed by atoms with Gasteiger partial charge in [0.05, 0.1) is 12.3 Å². The topological polar surface area (TPSA) is 58.6 Å². The van der Waals surface area contributed by atoms with Gasteiger partial charge in [-0.15, -0.1) is 0 Å². The summed E-state index contributed by atoms with van der Waals surface area (Å²) in [5.74, 6) is 1.76. The maximum absolute atomic E-state index is 13.3. The number of carbonyl (C=O) groups is 1. The van der Waals surface area contributed by atoms with Crippen LogP contribution in [0.1, 0.15) is 37.4 Å². The molecule has 0 spiro atoms. The van der Waals surface area contributed by atoms with Crippen LogP contribution in [-0.2, 0) is 17.6 Å². The molecule has 1 unspecified atom stereocenters. The summed E-state index contributed by atoms with van der Waals surface area (Å²) in [6, 6.07) is 10.0. The number of aromatic nitrogens is 2. The highest BCUT2D eigenvalue weighted by molar-refractivity contribution is 5.79. The zero-order valence-electron chi connectivity index (χ0n) is 18.1. The van der Waals surface area contributed by atoms with E-state index in [1.54, 1.807) is 0 Å². The highest BCUT2D eigenvalue weighted by Gasteiger charge is 2.29. The molecule has 30 heavy (non-hydrogen) atoms. The van der Waals surface area contributed by atoms with E-state index in [4.69, 9.17) is 14.7 Å². The Morgan fingerprint density at radius 3 is 2.67 bits per heavy atom. The molecule has 0 radical (unpaired) electrons. The molecule has 160 valence electrons. The lowest BCUT2D eigenvalue weighted by Crippen LogP contribution is -2.38. The zero-order chi connectivity index (χ0) is 20.9. The van der Waals surface area contributed by atoms with Crippen molar-refractivity contribution in [3.05, 3.63) is 41.6 Å². The number of nitrogens with zero attached hydrogens (tertiary/aromatic N) is 4. The van der Waals surface area contributed by atoms with E-state index in [0.29, 0.717) is 24.2 Å². The summed E-state index contributed by atoms with van der Waals surface area (Å²) in [5.41, 5.74) is 3.12. The summed E-state index contributed by atoms with van der Waals surface area (Å²) in [7, 11) is 2.13. The largest absolute Gasteiger partial charge is 0.478 e. The lowest BCUT2D eigenvalue weighted by molar-refractivity contribution is -0.135.